The molecule has 2 rings (SSSR count). The third kappa shape index (κ3) is 3.79. The van der Waals surface area contributed by atoms with Gasteiger partial charge in [0.25, 0.3) is 0 Å². The summed E-state index contributed by atoms with van der Waals surface area (Å²) in [5, 5.41) is 0. The summed E-state index contributed by atoms with van der Waals surface area (Å²) in [5.41, 5.74) is -1.15. The highest BCUT2D eigenvalue weighted by atomic mass is 19.4. The van der Waals surface area contributed by atoms with Crippen molar-refractivity contribution in [3.05, 3.63) is 65.0 Å². The average molecular weight is 367 g/mol. The first kappa shape index (κ1) is 19.3. The lowest BCUT2D eigenvalue weighted by molar-refractivity contribution is -0.139. The van der Waals surface area contributed by atoms with Crippen molar-refractivity contribution in [2.24, 2.45) is 0 Å². The Hall–Kier alpha value is -3.03. The van der Waals surface area contributed by atoms with Crippen molar-refractivity contribution in [1.82, 2.24) is 0 Å². The number of anilines is 1. The molecule has 0 aliphatic carbocycles. The highest BCUT2D eigenvalue weighted by Crippen LogP contribution is 2.36. The van der Waals surface area contributed by atoms with Gasteiger partial charge in [-0.3, -0.25) is 0 Å². The van der Waals surface area contributed by atoms with Crippen molar-refractivity contribution in [2.75, 3.05) is 19.1 Å². The fourth-order valence-electron chi connectivity index (χ4n) is 2.43. The first-order valence-electron chi connectivity index (χ1n) is 7.43. The molecule has 1 aliphatic rings. The molecule has 0 atom stereocenters. The number of ether oxygens (including phenoxy) is 2. The van der Waals surface area contributed by atoms with E-state index in [0.717, 1.165) is 25.2 Å². The molecule has 1 heterocycles. The van der Waals surface area contributed by atoms with E-state index >= 15 is 0 Å². The van der Waals surface area contributed by atoms with Gasteiger partial charge < -0.3 is 14.4 Å². The second-order valence-electron chi connectivity index (χ2n) is 5.31. The zero-order chi connectivity index (χ0) is 19.5. The van der Waals surface area contributed by atoms with Crippen LogP contribution in [0.2, 0.25) is 0 Å². The second-order valence-corrected chi connectivity index (χ2v) is 5.31. The van der Waals surface area contributed by atoms with Gasteiger partial charge in [0, 0.05) is 11.9 Å². The average Bonchev–Trinajstić information content (AvgIpc) is 2.82. The second kappa shape index (κ2) is 7.47. The van der Waals surface area contributed by atoms with Crippen LogP contribution in [0.1, 0.15) is 11.1 Å². The van der Waals surface area contributed by atoms with E-state index < -0.39 is 23.7 Å². The van der Waals surface area contributed by atoms with Gasteiger partial charge in [-0.05, 0) is 36.8 Å². The first-order valence-corrected chi connectivity index (χ1v) is 7.43. The van der Waals surface area contributed by atoms with E-state index in [1.807, 2.05) is 0 Å². The highest BCUT2D eigenvalue weighted by molar-refractivity contribution is 6.05. The van der Waals surface area contributed by atoms with Gasteiger partial charge >= 0.3 is 18.1 Å². The van der Waals surface area contributed by atoms with Gasteiger partial charge in [-0.15, -0.1) is 0 Å². The van der Waals surface area contributed by atoms with Crippen molar-refractivity contribution in [3.8, 4) is 0 Å². The molecule has 0 spiro atoms. The Labute approximate surface area is 148 Å². The van der Waals surface area contributed by atoms with Gasteiger partial charge in [-0.2, -0.15) is 13.2 Å². The Morgan fingerprint density at radius 1 is 1.04 bits per heavy atom. The Morgan fingerprint density at radius 2 is 1.69 bits per heavy atom. The number of aryl methyl sites for hydroxylation is 1. The summed E-state index contributed by atoms with van der Waals surface area (Å²) in [7, 11) is 2.24. The zero-order valence-corrected chi connectivity index (χ0v) is 14.3. The van der Waals surface area contributed by atoms with Gasteiger partial charge in [0.15, 0.2) is 0 Å². The van der Waals surface area contributed by atoms with E-state index in [4.69, 9.17) is 4.74 Å². The summed E-state index contributed by atoms with van der Waals surface area (Å²) >= 11 is 0. The van der Waals surface area contributed by atoms with E-state index in [0.29, 0.717) is 0 Å². The standard InChI is InChI=1S/C18H16F3NO4/c1-11-7-8-12(10-14(11)18(19,20)21)22-9-5-4-6-13(16(23)25-2)15(22)17(24)26-3/h4-10H,1-3H3. The van der Waals surface area contributed by atoms with Crippen LogP contribution in [0, 0.1) is 6.92 Å². The normalized spacial score (nSPS) is 14.3. The molecule has 8 heteroatoms. The number of esters is 2. The maximum absolute atomic E-state index is 13.2. The molecule has 26 heavy (non-hydrogen) atoms. The third-order valence-electron chi connectivity index (χ3n) is 3.69. The Kier molecular flexibility index (Phi) is 5.54. The topological polar surface area (TPSA) is 55.8 Å². The van der Waals surface area contributed by atoms with E-state index in [2.05, 4.69) is 4.74 Å². The Morgan fingerprint density at radius 3 is 2.27 bits per heavy atom. The maximum atomic E-state index is 13.2. The minimum atomic E-state index is -4.56. The van der Waals surface area contributed by atoms with Crippen LogP contribution < -0.4 is 4.90 Å². The van der Waals surface area contributed by atoms with Crippen LogP contribution in [0.5, 0.6) is 0 Å². The molecule has 1 aromatic carbocycles. The maximum Gasteiger partial charge on any atom is 0.416 e. The first-order chi connectivity index (χ1) is 12.2. The van der Waals surface area contributed by atoms with Crippen molar-refractivity contribution in [2.45, 2.75) is 13.1 Å². The predicted molar refractivity (Wildman–Crippen MR) is 88.0 cm³/mol. The number of allylic oxidation sites excluding steroid dienone is 2. The van der Waals surface area contributed by atoms with Crippen LogP contribution >= 0.6 is 0 Å². The minimum absolute atomic E-state index is 0.0370. The quantitative estimate of drug-likeness (QED) is 0.766. The molecule has 0 saturated heterocycles. The summed E-state index contributed by atoms with van der Waals surface area (Å²) in [6.45, 7) is 1.34. The fourth-order valence-corrected chi connectivity index (χ4v) is 2.43. The number of carbonyl (C=O) groups is 2. The molecule has 0 N–H and O–H groups in total. The summed E-state index contributed by atoms with van der Waals surface area (Å²) in [6.07, 6.45) is 1.07. The van der Waals surface area contributed by atoms with Gasteiger partial charge in [0.05, 0.1) is 25.4 Å². The molecular weight excluding hydrogens is 351 g/mol. The van der Waals surface area contributed by atoms with Crippen molar-refractivity contribution < 1.29 is 32.2 Å². The van der Waals surface area contributed by atoms with Crippen molar-refractivity contribution in [1.29, 1.82) is 0 Å². The SMILES string of the molecule is COC(=O)C1=C(C(=O)OC)N(c2ccc(C)c(C(F)(F)F)c2)C=CC=C1. The fraction of sp³-hybridized carbons (Fsp3) is 0.222. The van der Waals surface area contributed by atoms with Crippen LogP contribution in [-0.4, -0.2) is 26.2 Å². The highest BCUT2D eigenvalue weighted by Gasteiger charge is 2.34. The summed E-state index contributed by atoms with van der Waals surface area (Å²) in [5.74, 6) is -1.71. The van der Waals surface area contributed by atoms with E-state index in [1.165, 1.54) is 43.5 Å². The molecule has 0 radical (unpaired) electrons. The monoisotopic (exact) mass is 367 g/mol. The van der Waals surface area contributed by atoms with Gasteiger partial charge in [0.2, 0.25) is 0 Å². The number of alkyl halides is 3. The van der Waals surface area contributed by atoms with Crippen LogP contribution in [0.4, 0.5) is 18.9 Å². The van der Waals surface area contributed by atoms with Gasteiger partial charge in [-0.25, -0.2) is 9.59 Å². The summed E-state index contributed by atoms with van der Waals surface area (Å²) in [4.78, 5) is 25.5. The number of methoxy groups -OCH3 is 2. The molecule has 0 bridgehead atoms. The lowest BCUT2D eigenvalue weighted by Crippen LogP contribution is -2.27. The zero-order valence-electron chi connectivity index (χ0n) is 14.3. The minimum Gasteiger partial charge on any atom is -0.465 e. The summed E-state index contributed by atoms with van der Waals surface area (Å²) < 4.78 is 49.1. The van der Waals surface area contributed by atoms with E-state index in [9.17, 15) is 22.8 Å². The molecular formula is C18H16F3NO4. The third-order valence-corrected chi connectivity index (χ3v) is 3.69. The molecule has 1 aliphatic heterocycles. The Bertz CT molecular complexity index is 822. The van der Waals surface area contributed by atoms with Gasteiger partial charge in [0.1, 0.15) is 5.70 Å². The smallest absolute Gasteiger partial charge is 0.416 e. The number of nitrogens with zero attached hydrogens (tertiary/aromatic N) is 1. The number of carbonyl (C=O) groups excluding carboxylic acids is 2. The summed E-state index contributed by atoms with van der Waals surface area (Å²) in [6, 6.07) is 3.61. The number of rotatable bonds is 3. The van der Waals surface area contributed by atoms with Crippen LogP contribution in [0.25, 0.3) is 0 Å². The molecule has 0 aromatic heterocycles. The van der Waals surface area contributed by atoms with Crippen molar-refractivity contribution >= 4 is 17.6 Å². The van der Waals surface area contributed by atoms with Crippen molar-refractivity contribution in [3.63, 3.8) is 0 Å². The van der Waals surface area contributed by atoms with Crippen LogP contribution in [-0.2, 0) is 25.2 Å². The lowest BCUT2D eigenvalue weighted by Gasteiger charge is -2.24. The molecule has 5 nitrogen and oxygen atoms in total. The molecule has 138 valence electrons. The number of hydrogen-bond acceptors (Lipinski definition) is 5. The predicted octanol–water partition coefficient (Wildman–Crippen LogP) is 3.50. The Balaban J connectivity index is 2.70. The number of hydrogen-bond donors (Lipinski definition) is 0. The molecule has 1 aromatic rings. The molecule has 0 unspecified atom stereocenters. The van der Waals surface area contributed by atoms with Crippen LogP contribution in [0.15, 0.2) is 53.9 Å². The molecule has 0 saturated carbocycles. The van der Waals surface area contributed by atoms with Gasteiger partial charge in [-0.1, -0.05) is 12.1 Å². The number of benzene rings is 1. The molecule has 0 amide bonds. The van der Waals surface area contributed by atoms with Crippen LogP contribution in [0.3, 0.4) is 0 Å². The van der Waals surface area contributed by atoms with E-state index in [1.54, 1.807) is 0 Å². The van der Waals surface area contributed by atoms with E-state index in [-0.39, 0.29) is 22.5 Å². The number of halogens is 3. The lowest BCUT2D eigenvalue weighted by atomic mass is 10.1. The molecule has 0 fully saturated rings. The largest absolute Gasteiger partial charge is 0.465 e.